The minimum Gasteiger partial charge on any atom is -0.313 e. The molecule has 92 valence electrons. The molecule has 3 nitrogen and oxygen atoms in total. The number of aryl methyl sites for hydroxylation is 1. The predicted octanol–water partition coefficient (Wildman–Crippen LogP) is 3.51. The van der Waals surface area contributed by atoms with Crippen LogP contribution in [-0.4, -0.2) is 16.8 Å². The van der Waals surface area contributed by atoms with E-state index >= 15 is 0 Å². The Labute approximate surface area is 121 Å². The molecule has 0 fully saturated rings. The molecule has 0 aliphatic heterocycles. The van der Waals surface area contributed by atoms with Gasteiger partial charge in [-0.05, 0) is 62.5 Å². The highest BCUT2D eigenvalue weighted by atomic mass is 79.9. The summed E-state index contributed by atoms with van der Waals surface area (Å²) in [4.78, 5) is 0. The van der Waals surface area contributed by atoms with E-state index in [9.17, 15) is 0 Å². The van der Waals surface area contributed by atoms with Crippen molar-refractivity contribution in [2.45, 2.75) is 12.5 Å². The summed E-state index contributed by atoms with van der Waals surface area (Å²) in [5.41, 5.74) is 2.52. The topological polar surface area (TPSA) is 29.9 Å². The van der Waals surface area contributed by atoms with Crippen LogP contribution in [0, 0.1) is 0 Å². The summed E-state index contributed by atoms with van der Waals surface area (Å²) in [5, 5.41) is 7.54. The Hall–Kier alpha value is -0.170. The Bertz CT molecular complexity index is 507. The first-order valence-electron chi connectivity index (χ1n) is 5.19. The van der Waals surface area contributed by atoms with E-state index in [1.54, 1.807) is 11.3 Å². The molecule has 0 bridgehead atoms. The zero-order valence-corrected chi connectivity index (χ0v) is 13.6. The third-order valence-corrected chi connectivity index (χ3v) is 4.99. The average Bonchev–Trinajstić information content (AvgIpc) is 2.82. The van der Waals surface area contributed by atoms with E-state index in [2.05, 4.69) is 54.5 Å². The van der Waals surface area contributed by atoms with Crippen LogP contribution in [0.25, 0.3) is 0 Å². The van der Waals surface area contributed by atoms with Crippen LogP contribution in [0.1, 0.15) is 17.2 Å². The zero-order valence-electron chi connectivity index (χ0n) is 9.58. The van der Waals surface area contributed by atoms with Crippen LogP contribution in [0.15, 0.2) is 26.0 Å². The maximum Gasteiger partial charge on any atom is 0.0758 e. The molecule has 0 aliphatic carbocycles. The predicted molar refractivity (Wildman–Crippen MR) is 78.4 cm³/mol. The molecule has 0 amide bonds. The van der Waals surface area contributed by atoms with Gasteiger partial charge < -0.3 is 5.32 Å². The number of aromatic nitrogens is 2. The largest absolute Gasteiger partial charge is 0.313 e. The Morgan fingerprint density at radius 2 is 2.29 bits per heavy atom. The standard InChI is InChI=1S/C11H13Br2N3S/c1-14-9(3-7-5-15-16(2)6-7)8-4-10(12)17-11(8)13/h4-6,9,14H,3H2,1-2H3. The number of nitrogens with one attached hydrogen (secondary N) is 1. The highest BCUT2D eigenvalue weighted by Crippen LogP contribution is 2.36. The van der Waals surface area contributed by atoms with Crippen LogP contribution in [0.5, 0.6) is 0 Å². The zero-order chi connectivity index (χ0) is 12.4. The number of likely N-dealkylation sites (N-methyl/N-ethyl adjacent to an activating group) is 1. The minimum absolute atomic E-state index is 0.302. The van der Waals surface area contributed by atoms with E-state index in [1.165, 1.54) is 14.9 Å². The molecular weight excluding hydrogens is 366 g/mol. The number of nitrogens with zero attached hydrogens (tertiary/aromatic N) is 2. The molecule has 2 aromatic rings. The van der Waals surface area contributed by atoms with E-state index in [4.69, 9.17) is 0 Å². The van der Waals surface area contributed by atoms with Gasteiger partial charge in [-0.25, -0.2) is 0 Å². The van der Waals surface area contributed by atoms with Crippen molar-refractivity contribution in [2.24, 2.45) is 7.05 Å². The first-order valence-corrected chi connectivity index (χ1v) is 7.60. The Morgan fingerprint density at radius 3 is 2.76 bits per heavy atom. The maximum atomic E-state index is 4.20. The van der Waals surface area contributed by atoms with Crippen molar-refractivity contribution in [2.75, 3.05) is 7.05 Å². The molecular formula is C11H13Br2N3S. The molecule has 0 saturated carbocycles. The van der Waals surface area contributed by atoms with Crippen LogP contribution in [0.4, 0.5) is 0 Å². The van der Waals surface area contributed by atoms with Crippen molar-refractivity contribution in [1.82, 2.24) is 15.1 Å². The lowest BCUT2D eigenvalue weighted by Crippen LogP contribution is -2.18. The molecule has 0 aliphatic rings. The second kappa shape index (κ2) is 5.65. The lowest BCUT2D eigenvalue weighted by Gasteiger charge is -2.14. The van der Waals surface area contributed by atoms with E-state index in [0.717, 1.165) is 10.2 Å². The highest BCUT2D eigenvalue weighted by molar-refractivity contribution is 9.12. The highest BCUT2D eigenvalue weighted by Gasteiger charge is 2.16. The fraction of sp³-hybridized carbons (Fsp3) is 0.364. The normalized spacial score (nSPS) is 12.9. The van der Waals surface area contributed by atoms with E-state index in [1.807, 2.05) is 25.0 Å². The summed E-state index contributed by atoms with van der Waals surface area (Å²) in [7, 11) is 3.92. The third kappa shape index (κ3) is 3.19. The second-order valence-electron chi connectivity index (χ2n) is 3.85. The molecule has 1 unspecified atom stereocenters. The molecule has 2 heterocycles. The van der Waals surface area contributed by atoms with Crippen molar-refractivity contribution in [3.05, 3.63) is 37.2 Å². The smallest absolute Gasteiger partial charge is 0.0758 e. The fourth-order valence-corrected chi connectivity index (χ4v) is 4.75. The van der Waals surface area contributed by atoms with Gasteiger partial charge in [-0.15, -0.1) is 11.3 Å². The fourth-order valence-electron chi connectivity index (χ4n) is 1.77. The van der Waals surface area contributed by atoms with Crippen LogP contribution < -0.4 is 5.32 Å². The SMILES string of the molecule is CNC(Cc1cnn(C)c1)c1cc(Br)sc1Br. The van der Waals surface area contributed by atoms with Crippen LogP contribution in [-0.2, 0) is 13.5 Å². The monoisotopic (exact) mass is 377 g/mol. The van der Waals surface area contributed by atoms with Gasteiger partial charge in [0.1, 0.15) is 0 Å². The first kappa shape index (κ1) is 13.3. The Kier molecular flexibility index (Phi) is 4.41. The lowest BCUT2D eigenvalue weighted by molar-refractivity contribution is 0.591. The van der Waals surface area contributed by atoms with Crippen LogP contribution in [0.3, 0.4) is 0 Å². The summed E-state index contributed by atoms with van der Waals surface area (Å²) in [5.74, 6) is 0. The molecule has 0 spiro atoms. The van der Waals surface area contributed by atoms with Crippen molar-refractivity contribution in [3.63, 3.8) is 0 Å². The maximum absolute atomic E-state index is 4.20. The van der Waals surface area contributed by atoms with Crippen molar-refractivity contribution < 1.29 is 0 Å². The number of thiophene rings is 1. The summed E-state index contributed by atoms with van der Waals surface area (Å²) >= 11 is 8.82. The van der Waals surface area contributed by atoms with E-state index in [-0.39, 0.29) is 0 Å². The molecule has 6 heteroatoms. The molecule has 0 aromatic carbocycles. The summed E-state index contributed by atoms with van der Waals surface area (Å²) in [6.45, 7) is 0. The molecule has 0 radical (unpaired) electrons. The van der Waals surface area contributed by atoms with Crippen molar-refractivity contribution >= 4 is 43.2 Å². The summed E-state index contributed by atoms with van der Waals surface area (Å²) in [6.07, 6.45) is 4.91. The number of rotatable bonds is 4. The van der Waals surface area contributed by atoms with Gasteiger partial charge in [0.2, 0.25) is 0 Å². The summed E-state index contributed by atoms with van der Waals surface area (Å²) in [6, 6.07) is 2.46. The Morgan fingerprint density at radius 1 is 1.53 bits per heavy atom. The quantitative estimate of drug-likeness (QED) is 0.882. The van der Waals surface area contributed by atoms with Crippen LogP contribution >= 0.6 is 43.2 Å². The average molecular weight is 379 g/mol. The number of hydrogen-bond donors (Lipinski definition) is 1. The van der Waals surface area contributed by atoms with Gasteiger partial charge in [0.05, 0.1) is 13.8 Å². The molecule has 17 heavy (non-hydrogen) atoms. The van der Waals surface area contributed by atoms with Gasteiger partial charge >= 0.3 is 0 Å². The molecule has 1 N–H and O–H groups in total. The minimum atomic E-state index is 0.302. The van der Waals surface area contributed by atoms with Gasteiger partial charge in [0.15, 0.2) is 0 Å². The van der Waals surface area contributed by atoms with Gasteiger partial charge in [-0.3, -0.25) is 4.68 Å². The number of halogens is 2. The van der Waals surface area contributed by atoms with E-state index < -0.39 is 0 Å². The third-order valence-electron chi connectivity index (χ3n) is 2.61. The molecule has 1 atom stereocenters. The second-order valence-corrected chi connectivity index (χ2v) is 7.60. The Balaban J connectivity index is 2.19. The molecule has 2 rings (SSSR count). The molecule has 0 saturated heterocycles. The van der Waals surface area contributed by atoms with Gasteiger partial charge in [-0.1, -0.05) is 0 Å². The van der Waals surface area contributed by atoms with E-state index in [0.29, 0.717) is 6.04 Å². The van der Waals surface area contributed by atoms with Crippen molar-refractivity contribution in [1.29, 1.82) is 0 Å². The first-order chi connectivity index (χ1) is 8.10. The van der Waals surface area contributed by atoms with Gasteiger partial charge in [0.25, 0.3) is 0 Å². The van der Waals surface area contributed by atoms with Crippen LogP contribution in [0.2, 0.25) is 0 Å². The van der Waals surface area contributed by atoms with Gasteiger partial charge in [-0.2, -0.15) is 5.10 Å². The summed E-state index contributed by atoms with van der Waals surface area (Å²) < 4.78 is 4.15. The van der Waals surface area contributed by atoms with Gasteiger partial charge in [0, 0.05) is 19.3 Å². The lowest BCUT2D eigenvalue weighted by atomic mass is 10.0. The molecule has 2 aromatic heterocycles. The van der Waals surface area contributed by atoms with Crippen molar-refractivity contribution in [3.8, 4) is 0 Å². The number of hydrogen-bond acceptors (Lipinski definition) is 3.